The molecule has 0 aliphatic heterocycles. The Morgan fingerprint density at radius 3 is 2.24 bits per heavy atom. The summed E-state index contributed by atoms with van der Waals surface area (Å²) in [6.45, 7) is 0. The number of aromatic nitrogens is 2. The Balaban J connectivity index is 1.37. The van der Waals surface area contributed by atoms with Gasteiger partial charge in [0, 0.05) is 11.1 Å². The number of carbonyl (C=O) groups excluding carboxylic acids is 2. The normalized spacial score (nSPS) is 11.5. The first-order valence-electron chi connectivity index (χ1n) is 11.4. The van der Waals surface area contributed by atoms with Crippen LogP contribution in [0.2, 0.25) is 0 Å². The molecule has 2 aromatic heterocycles. The van der Waals surface area contributed by atoms with Crippen LogP contribution in [0, 0.1) is 23.3 Å². The predicted molar refractivity (Wildman–Crippen MR) is 138 cm³/mol. The lowest BCUT2D eigenvalue weighted by Crippen LogP contribution is -2.20. The number of nitrogens with zero attached hydrogens (tertiary/aromatic N) is 1. The molecule has 0 unspecified atom stereocenters. The Bertz CT molecular complexity index is 1790. The summed E-state index contributed by atoms with van der Waals surface area (Å²) >= 11 is 1.24. The SMILES string of the molecule is O=C(Nc1ccc(-c2c(F)c(F)c3c(NC(=O)c4ccsc4)n[nH]c3c2F)cc1)Nc1cc(C(F)(F)F)ccc1F. The lowest BCUT2D eigenvalue weighted by atomic mass is 10.0. The van der Waals surface area contributed by atoms with Crippen molar-refractivity contribution in [3.8, 4) is 11.1 Å². The van der Waals surface area contributed by atoms with Gasteiger partial charge >= 0.3 is 12.2 Å². The minimum absolute atomic E-state index is 0.0148. The van der Waals surface area contributed by atoms with Gasteiger partial charge in [-0.25, -0.2) is 22.4 Å². The maximum atomic E-state index is 15.3. The molecule has 5 rings (SSSR count). The van der Waals surface area contributed by atoms with Crippen molar-refractivity contribution >= 4 is 51.4 Å². The number of urea groups is 1. The van der Waals surface area contributed by atoms with Crippen molar-refractivity contribution in [2.24, 2.45) is 0 Å². The number of halogens is 7. The molecule has 0 aliphatic rings. The van der Waals surface area contributed by atoms with Crippen LogP contribution in [-0.2, 0) is 6.18 Å². The molecule has 2 heterocycles. The Labute approximate surface area is 229 Å². The van der Waals surface area contributed by atoms with Crippen molar-refractivity contribution in [1.82, 2.24) is 10.2 Å². The molecule has 7 nitrogen and oxygen atoms in total. The van der Waals surface area contributed by atoms with E-state index in [2.05, 4.69) is 20.8 Å². The molecule has 0 saturated carbocycles. The van der Waals surface area contributed by atoms with Gasteiger partial charge in [0.05, 0.1) is 27.8 Å². The average Bonchev–Trinajstić information content (AvgIpc) is 3.60. The smallest absolute Gasteiger partial charge is 0.308 e. The van der Waals surface area contributed by atoms with Gasteiger partial charge in [0.2, 0.25) is 0 Å². The van der Waals surface area contributed by atoms with Crippen LogP contribution in [0.3, 0.4) is 0 Å². The second-order valence-corrected chi connectivity index (χ2v) is 9.23. The number of hydrogen-bond acceptors (Lipinski definition) is 4. The van der Waals surface area contributed by atoms with Crippen molar-refractivity contribution in [3.63, 3.8) is 0 Å². The van der Waals surface area contributed by atoms with Crippen molar-refractivity contribution in [2.45, 2.75) is 6.18 Å². The maximum absolute atomic E-state index is 15.3. The highest BCUT2D eigenvalue weighted by Gasteiger charge is 2.31. The first-order chi connectivity index (χ1) is 19.4. The maximum Gasteiger partial charge on any atom is 0.416 e. The number of aromatic amines is 1. The van der Waals surface area contributed by atoms with E-state index >= 15 is 13.2 Å². The summed E-state index contributed by atoms with van der Waals surface area (Å²) in [5, 5.41) is 15.0. The molecule has 0 atom stereocenters. The highest BCUT2D eigenvalue weighted by Crippen LogP contribution is 2.37. The molecule has 0 aliphatic carbocycles. The summed E-state index contributed by atoms with van der Waals surface area (Å²) in [5.74, 6) is -6.44. The number of carbonyl (C=O) groups is 2. The Morgan fingerprint density at radius 2 is 1.59 bits per heavy atom. The fourth-order valence-corrected chi connectivity index (χ4v) is 4.51. The third-order valence-electron chi connectivity index (χ3n) is 5.83. The van der Waals surface area contributed by atoms with E-state index in [1.165, 1.54) is 34.9 Å². The van der Waals surface area contributed by atoms with Crippen LogP contribution in [0.5, 0.6) is 0 Å². The van der Waals surface area contributed by atoms with E-state index in [9.17, 15) is 27.2 Å². The quantitative estimate of drug-likeness (QED) is 0.124. The number of hydrogen-bond donors (Lipinski definition) is 4. The van der Waals surface area contributed by atoms with Crippen LogP contribution in [0.1, 0.15) is 15.9 Å². The standard InChI is InChI=1S/C26H14F7N5O2S/c27-15-6-3-13(26(31,32)33)9-16(15)35-25(40)34-14-4-1-11(2-5-14)17-19(28)20(29)18-22(21(17)30)37-38-23(18)36-24(39)12-7-8-41-10-12/h1-10H,(H2,34,35,40)(H2,36,37,38,39). The van der Waals surface area contributed by atoms with E-state index in [4.69, 9.17) is 0 Å². The summed E-state index contributed by atoms with van der Waals surface area (Å²) in [7, 11) is 0. The van der Waals surface area contributed by atoms with Gasteiger partial charge in [0.1, 0.15) is 11.3 Å². The highest BCUT2D eigenvalue weighted by molar-refractivity contribution is 7.08. The van der Waals surface area contributed by atoms with Crippen molar-refractivity contribution in [3.05, 3.63) is 93.7 Å². The number of benzene rings is 3. The molecular weight excluding hydrogens is 579 g/mol. The van der Waals surface area contributed by atoms with Gasteiger partial charge in [-0.05, 0) is 47.3 Å². The Hall–Kier alpha value is -4.92. The molecule has 15 heteroatoms. The van der Waals surface area contributed by atoms with Crippen molar-refractivity contribution in [1.29, 1.82) is 0 Å². The van der Waals surface area contributed by atoms with E-state index < -0.39 is 74.9 Å². The van der Waals surface area contributed by atoms with Crippen LogP contribution < -0.4 is 16.0 Å². The monoisotopic (exact) mass is 593 g/mol. The van der Waals surface area contributed by atoms with Crippen LogP contribution in [0.15, 0.2) is 59.3 Å². The molecule has 3 amide bonds. The van der Waals surface area contributed by atoms with Gasteiger partial charge in [-0.2, -0.15) is 29.6 Å². The number of amides is 3. The molecular formula is C26H14F7N5O2S. The summed E-state index contributed by atoms with van der Waals surface area (Å²) in [6, 6.07) is 6.52. The largest absolute Gasteiger partial charge is 0.416 e. The zero-order valence-electron chi connectivity index (χ0n) is 20.1. The number of anilines is 3. The first kappa shape index (κ1) is 27.6. The minimum Gasteiger partial charge on any atom is -0.308 e. The molecule has 41 heavy (non-hydrogen) atoms. The van der Waals surface area contributed by atoms with Gasteiger partial charge < -0.3 is 16.0 Å². The molecule has 0 saturated heterocycles. The Morgan fingerprint density at radius 1 is 0.854 bits per heavy atom. The second-order valence-electron chi connectivity index (χ2n) is 8.45. The molecule has 5 aromatic rings. The fourth-order valence-electron chi connectivity index (χ4n) is 3.87. The zero-order chi connectivity index (χ0) is 29.5. The second kappa shape index (κ2) is 10.6. The van der Waals surface area contributed by atoms with Crippen LogP contribution in [-0.4, -0.2) is 22.1 Å². The van der Waals surface area contributed by atoms with Crippen LogP contribution >= 0.6 is 11.3 Å². The molecule has 3 aromatic carbocycles. The number of rotatable bonds is 5. The summed E-state index contributed by atoms with van der Waals surface area (Å²) in [6.07, 6.45) is -4.76. The number of nitrogens with one attached hydrogen (secondary N) is 4. The molecule has 0 radical (unpaired) electrons. The van der Waals surface area contributed by atoms with Gasteiger partial charge in [-0.1, -0.05) is 12.1 Å². The lowest BCUT2D eigenvalue weighted by Gasteiger charge is -2.12. The number of alkyl halides is 3. The van der Waals surface area contributed by atoms with E-state index in [-0.39, 0.29) is 16.8 Å². The van der Waals surface area contributed by atoms with E-state index in [1.54, 1.807) is 5.38 Å². The van der Waals surface area contributed by atoms with E-state index in [1.807, 2.05) is 5.32 Å². The lowest BCUT2D eigenvalue weighted by molar-refractivity contribution is -0.137. The average molecular weight is 593 g/mol. The van der Waals surface area contributed by atoms with E-state index in [0.717, 1.165) is 12.1 Å². The molecule has 210 valence electrons. The van der Waals surface area contributed by atoms with Crippen molar-refractivity contribution in [2.75, 3.05) is 16.0 Å². The Kier molecular flexibility index (Phi) is 7.13. The molecule has 0 spiro atoms. The summed E-state index contributed by atoms with van der Waals surface area (Å²) < 4.78 is 98.1. The molecule has 0 bridgehead atoms. The van der Waals surface area contributed by atoms with Gasteiger partial charge in [0.25, 0.3) is 5.91 Å². The van der Waals surface area contributed by atoms with Crippen molar-refractivity contribution < 1.29 is 40.3 Å². The zero-order valence-corrected chi connectivity index (χ0v) is 20.9. The third kappa shape index (κ3) is 5.43. The minimum atomic E-state index is -4.76. The van der Waals surface area contributed by atoms with Gasteiger partial charge in [-0.15, -0.1) is 0 Å². The van der Waals surface area contributed by atoms with E-state index in [0.29, 0.717) is 18.2 Å². The van der Waals surface area contributed by atoms with Gasteiger partial charge in [0.15, 0.2) is 23.3 Å². The fraction of sp³-hybridized carbons (Fsp3) is 0.0385. The number of fused-ring (bicyclic) bond motifs is 1. The van der Waals surface area contributed by atoms with Gasteiger partial charge in [-0.3, -0.25) is 9.89 Å². The third-order valence-corrected chi connectivity index (χ3v) is 6.51. The highest BCUT2D eigenvalue weighted by atomic mass is 32.1. The summed E-state index contributed by atoms with van der Waals surface area (Å²) in [5.41, 5.74) is -3.07. The summed E-state index contributed by atoms with van der Waals surface area (Å²) in [4.78, 5) is 24.5. The number of H-pyrrole nitrogens is 1. The molecule has 4 N–H and O–H groups in total. The topological polar surface area (TPSA) is 98.9 Å². The van der Waals surface area contributed by atoms with Crippen LogP contribution in [0.4, 0.5) is 52.7 Å². The first-order valence-corrected chi connectivity index (χ1v) is 12.3. The predicted octanol–water partition coefficient (Wildman–Crippen LogP) is 7.76. The number of thiophene rings is 1. The molecule has 0 fully saturated rings. The van der Waals surface area contributed by atoms with Crippen LogP contribution in [0.25, 0.3) is 22.0 Å².